The van der Waals surface area contributed by atoms with Crippen molar-refractivity contribution in [3.63, 3.8) is 0 Å². The molecule has 0 aliphatic heterocycles. The van der Waals surface area contributed by atoms with Gasteiger partial charge in [-0.1, -0.05) is 0 Å². The number of methoxy groups -OCH3 is 2. The minimum atomic E-state index is -4.94. The molecule has 0 radical (unpaired) electrons. The topological polar surface area (TPSA) is 155 Å². The van der Waals surface area contributed by atoms with E-state index in [-0.39, 0.29) is 5.91 Å². The second-order valence-electron chi connectivity index (χ2n) is 4.52. The highest BCUT2D eigenvalue weighted by atomic mass is 35.7. The van der Waals surface area contributed by atoms with Gasteiger partial charge in [-0.25, -0.2) is 23.4 Å². The van der Waals surface area contributed by atoms with Crippen LogP contribution in [0.1, 0.15) is 12.7 Å². The van der Waals surface area contributed by atoms with Gasteiger partial charge in [0.15, 0.2) is 11.5 Å². The summed E-state index contributed by atoms with van der Waals surface area (Å²) in [5.41, 5.74) is 0.407. The van der Waals surface area contributed by atoms with E-state index < -0.39 is 10.2 Å². The van der Waals surface area contributed by atoms with Crippen molar-refractivity contribution in [3.05, 3.63) is 29.5 Å². The van der Waals surface area contributed by atoms with Crippen LogP contribution in [0.5, 0.6) is 11.5 Å². The van der Waals surface area contributed by atoms with Gasteiger partial charge in [-0.3, -0.25) is 0 Å². The van der Waals surface area contributed by atoms with Gasteiger partial charge in [0.2, 0.25) is 0 Å². The first-order valence-corrected chi connectivity index (χ1v) is 7.67. The Labute approximate surface area is 139 Å². The largest absolute Gasteiger partial charge is 0.493 e. The van der Waals surface area contributed by atoms with E-state index in [1.54, 1.807) is 20.3 Å². The molecular formula is C14H16ClNO8. The average Bonchev–Trinajstić information content (AvgIpc) is 2.43. The number of benzene rings is 1. The summed E-state index contributed by atoms with van der Waals surface area (Å²) in [5.74, 6) is 1.79. The van der Waals surface area contributed by atoms with Gasteiger partial charge in [-0.2, -0.15) is 0 Å². The number of carbonyl (C=O) groups is 1. The molecule has 2 rings (SSSR count). The van der Waals surface area contributed by atoms with Crippen LogP contribution in [0.3, 0.4) is 0 Å². The molecule has 10 heteroatoms. The Bertz CT molecular complexity index is 788. The molecule has 1 amide bonds. The van der Waals surface area contributed by atoms with Gasteiger partial charge in [-0.05, 0) is 24.4 Å². The number of rotatable bonds is 2. The molecule has 0 fully saturated rings. The molecule has 0 aliphatic rings. The molecule has 0 saturated heterocycles. The number of nitrogens with one attached hydrogen (secondary N) is 1. The van der Waals surface area contributed by atoms with E-state index in [4.69, 9.17) is 32.5 Å². The van der Waals surface area contributed by atoms with Crippen molar-refractivity contribution < 1.29 is 52.6 Å². The molecule has 0 spiro atoms. The highest BCUT2D eigenvalue weighted by molar-refractivity contribution is 5.87. The van der Waals surface area contributed by atoms with E-state index in [0.29, 0.717) is 22.8 Å². The molecule has 1 aromatic heterocycles. The standard InChI is InChI=1S/C14H15NO4.ClHO4/c1-8-11-7-13(18-4)12(17-3)5-10(11)6-14(19-8)15-9(2)16;2-1(3,4)5/h5-7H,1-4H3;(H,2,3,4,5). The Morgan fingerprint density at radius 1 is 1.08 bits per heavy atom. The summed E-state index contributed by atoms with van der Waals surface area (Å²) in [6, 6.07) is 5.46. The fraction of sp³-hybridized carbons (Fsp3) is 0.286. The quantitative estimate of drug-likeness (QED) is 0.561. The van der Waals surface area contributed by atoms with Crippen LogP contribution in [0.25, 0.3) is 10.8 Å². The number of aryl methyl sites for hydroxylation is 1. The minimum absolute atomic E-state index is 0.178. The van der Waals surface area contributed by atoms with Gasteiger partial charge >= 0.3 is 11.5 Å². The van der Waals surface area contributed by atoms with Gasteiger partial charge in [0.1, 0.15) is 5.76 Å². The van der Waals surface area contributed by atoms with Crippen LogP contribution in [0, 0.1) is 17.2 Å². The predicted octanol–water partition coefficient (Wildman–Crippen LogP) is -4.47. The zero-order chi connectivity index (χ0) is 18.5. The summed E-state index contributed by atoms with van der Waals surface area (Å²) in [6.45, 7) is 3.27. The van der Waals surface area contributed by atoms with Crippen molar-refractivity contribution in [2.24, 2.45) is 0 Å². The van der Waals surface area contributed by atoms with Crippen molar-refractivity contribution in [1.29, 1.82) is 0 Å². The number of carbonyl (C=O) groups excluding carboxylic acids is 1. The normalized spacial score (nSPS) is 11.8. The fourth-order valence-corrected chi connectivity index (χ4v) is 1.94. The molecule has 1 N–H and O–H groups in total. The summed E-state index contributed by atoms with van der Waals surface area (Å²) in [5, 5.41) is 1.82. The van der Waals surface area contributed by atoms with Crippen LogP contribution in [-0.2, 0) is 4.79 Å². The van der Waals surface area contributed by atoms with Crippen LogP contribution in [-0.4, -0.2) is 20.1 Å². The maximum atomic E-state index is 11.1. The van der Waals surface area contributed by atoms with Gasteiger partial charge in [0.25, 0.3) is 0 Å². The van der Waals surface area contributed by atoms with Gasteiger partial charge in [0.05, 0.1) is 27.2 Å². The molecule has 0 unspecified atom stereocenters. The third-order valence-corrected chi connectivity index (χ3v) is 2.78. The van der Waals surface area contributed by atoms with Gasteiger partial charge in [0, 0.05) is 5.39 Å². The molecule has 0 atom stereocenters. The Morgan fingerprint density at radius 3 is 2.04 bits per heavy atom. The zero-order valence-electron chi connectivity index (χ0n) is 13.4. The molecule has 0 aliphatic carbocycles. The van der Waals surface area contributed by atoms with Gasteiger partial charge < -0.3 is 13.9 Å². The smallest absolute Gasteiger partial charge is 0.385 e. The molecule has 0 saturated carbocycles. The molecule has 24 heavy (non-hydrogen) atoms. The van der Waals surface area contributed by atoms with Crippen LogP contribution in [0.2, 0.25) is 0 Å². The van der Waals surface area contributed by atoms with Crippen LogP contribution < -0.4 is 38.7 Å². The summed E-state index contributed by atoms with van der Waals surface area (Å²) in [7, 11) is -1.78. The van der Waals surface area contributed by atoms with Crippen molar-refractivity contribution in [3.8, 4) is 11.5 Å². The maximum absolute atomic E-state index is 11.1. The summed E-state index contributed by atoms with van der Waals surface area (Å²) in [4.78, 5) is 13.7. The van der Waals surface area contributed by atoms with Crippen molar-refractivity contribution in [1.82, 2.24) is 0 Å². The van der Waals surface area contributed by atoms with Crippen LogP contribution >= 0.6 is 0 Å². The minimum Gasteiger partial charge on any atom is -0.493 e. The SMILES string of the molecule is COc1cc2cc(=[NH+]C(C)=O)oc(C)c2cc1OC.[O-][Cl+3]([O-])([O-])[O-]. The number of ether oxygens (including phenoxy) is 2. The van der Waals surface area contributed by atoms with E-state index >= 15 is 0 Å². The number of halogens is 1. The number of fused-ring (bicyclic) bond motifs is 1. The number of amides is 1. The van der Waals surface area contributed by atoms with Crippen molar-refractivity contribution in [2.75, 3.05) is 14.2 Å². The van der Waals surface area contributed by atoms with E-state index in [1.165, 1.54) is 6.92 Å². The fourth-order valence-electron chi connectivity index (χ4n) is 1.94. The Morgan fingerprint density at radius 2 is 1.58 bits per heavy atom. The van der Waals surface area contributed by atoms with Crippen LogP contribution in [0.4, 0.5) is 0 Å². The third kappa shape index (κ3) is 6.14. The first-order chi connectivity index (χ1) is 11.0. The number of hydrogen-bond donors (Lipinski definition) is 1. The zero-order valence-corrected chi connectivity index (χ0v) is 14.1. The molecule has 1 aromatic carbocycles. The Kier molecular flexibility index (Phi) is 6.70. The molecule has 9 nitrogen and oxygen atoms in total. The second-order valence-corrected chi connectivity index (χ2v) is 5.28. The van der Waals surface area contributed by atoms with E-state index in [9.17, 15) is 4.79 Å². The number of hydrogen-bond acceptors (Lipinski definition) is 8. The lowest BCUT2D eigenvalue weighted by Crippen LogP contribution is -2.79. The molecule has 2 aromatic rings. The maximum Gasteiger partial charge on any atom is 0.385 e. The highest BCUT2D eigenvalue weighted by Crippen LogP contribution is 2.32. The van der Waals surface area contributed by atoms with Crippen molar-refractivity contribution >= 4 is 16.7 Å². The first kappa shape index (κ1) is 19.9. The lowest BCUT2D eigenvalue weighted by Gasteiger charge is -2.17. The summed E-state index contributed by atoms with van der Waals surface area (Å²) < 4.78 is 50.0. The molecule has 0 bridgehead atoms. The predicted molar refractivity (Wildman–Crippen MR) is 68.8 cm³/mol. The Hall–Kier alpha value is -2.17. The van der Waals surface area contributed by atoms with E-state index in [2.05, 4.69) is 4.99 Å². The first-order valence-electron chi connectivity index (χ1n) is 6.44. The van der Waals surface area contributed by atoms with Crippen molar-refractivity contribution in [2.45, 2.75) is 13.8 Å². The molecular weight excluding hydrogens is 346 g/mol. The van der Waals surface area contributed by atoms with Crippen LogP contribution in [0.15, 0.2) is 22.6 Å². The van der Waals surface area contributed by atoms with E-state index in [1.807, 2.05) is 19.1 Å². The monoisotopic (exact) mass is 361 g/mol. The average molecular weight is 362 g/mol. The highest BCUT2D eigenvalue weighted by Gasteiger charge is 2.10. The summed E-state index contributed by atoms with van der Waals surface area (Å²) >= 11 is 0. The second kappa shape index (κ2) is 8.08. The lowest BCUT2D eigenvalue weighted by atomic mass is 10.1. The lowest BCUT2D eigenvalue weighted by molar-refractivity contribution is -2.00. The molecule has 1 heterocycles. The molecule has 132 valence electrons. The van der Waals surface area contributed by atoms with E-state index in [0.717, 1.165) is 10.8 Å². The van der Waals surface area contributed by atoms with Gasteiger partial charge in [-0.15, -0.1) is 15.2 Å². The third-order valence-electron chi connectivity index (χ3n) is 2.78. The Balaban J connectivity index is 0.000000505. The summed E-state index contributed by atoms with van der Waals surface area (Å²) in [6.07, 6.45) is 0.